The summed E-state index contributed by atoms with van der Waals surface area (Å²) in [6.45, 7) is 3.39. The molecule has 0 unspecified atom stereocenters. The Morgan fingerprint density at radius 1 is 1.22 bits per heavy atom. The second kappa shape index (κ2) is 5.52. The van der Waals surface area contributed by atoms with E-state index in [9.17, 15) is 13.9 Å². The maximum Gasteiger partial charge on any atom is 0.267 e. The van der Waals surface area contributed by atoms with Crippen LogP contribution in [-0.4, -0.2) is 25.9 Å². The average molecular weight is 260 g/mol. The molecule has 1 rings (SSSR count). The number of hydrogen-bond acceptors (Lipinski definition) is 3. The van der Waals surface area contributed by atoms with Crippen molar-refractivity contribution in [1.29, 1.82) is 0 Å². The van der Waals surface area contributed by atoms with Gasteiger partial charge in [-0.05, 0) is 17.7 Å². The highest BCUT2D eigenvalue weighted by atomic mass is 19.3. The SMILES string of the molecule is COc1cc(C(C)(C)CO)cc(C(F)F)c1OC. The summed E-state index contributed by atoms with van der Waals surface area (Å²) in [7, 11) is 2.71. The van der Waals surface area contributed by atoms with Gasteiger partial charge in [0.2, 0.25) is 0 Å². The molecule has 0 aliphatic carbocycles. The largest absolute Gasteiger partial charge is 0.493 e. The summed E-state index contributed by atoms with van der Waals surface area (Å²) in [5.41, 5.74) is -0.269. The van der Waals surface area contributed by atoms with Gasteiger partial charge in [0.15, 0.2) is 11.5 Å². The van der Waals surface area contributed by atoms with Gasteiger partial charge in [-0.1, -0.05) is 13.8 Å². The van der Waals surface area contributed by atoms with Crippen molar-refractivity contribution in [1.82, 2.24) is 0 Å². The van der Waals surface area contributed by atoms with Gasteiger partial charge >= 0.3 is 0 Å². The van der Waals surface area contributed by atoms with Crippen molar-refractivity contribution >= 4 is 0 Å². The highest BCUT2D eigenvalue weighted by molar-refractivity contribution is 5.51. The Balaban J connectivity index is 3.46. The monoisotopic (exact) mass is 260 g/mol. The normalized spacial score (nSPS) is 11.8. The van der Waals surface area contributed by atoms with Crippen molar-refractivity contribution in [2.24, 2.45) is 0 Å². The lowest BCUT2D eigenvalue weighted by Gasteiger charge is -2.25. The van der Waals surface area contributed by atoms with E-state index in [1.54, 1.807) is 19.9 Å². The van der Waals surface area contributed by atoms with Gasteiger partial charge in [-0.25, -0.2) is 8.78 Å². The Labute approximate surface area is 105 Å². The van der Waals surface area contributed by atoms with Gasteiger partial charge < -0.3 is 14.6 Å². The average Bonchev–Trinajstić information content (AvgIpc) is 2.36. The summed E-state index contributed by atoms with van der Waals surface area (Å²) in [6.07, 6.45) is -2.66. The van der Waals surface area contributed by atoms with Gasteiger partial charge in [0.25, 0.3) is 6.43 Å². The van der Waals surface area contributed by atoms with Crippen molar-refractivity contribution in [3.63, 3.8) is 0 Å². The molecule has 1 aromatic carbocycles. The van der Waals surface area contributed by atoms with Gasteiger partial charge in [-0.2, -0.15) is 0 Å². The zero-order valence-corrected chi connectivity index (χ0v) is 11.0. The van der Waals surface area contributed by atoms with E-state index >= 15 is 0 Å². The van der Waals surface area contributed by atoms with Gasteiger partial charge in [0.05, 0.1) is 26.4 Å². The molecule has 5 heteroatoms. The number of halogens is 2. The Bertz CT molecular complexity index is 417. The fraction of sp³-hybridized carbons (Fsp3) is 0.538. The highest BCUT2D eigenvalue weighted by Crippen LogP contribution is 2.40. The quantitative estimate of drug-likeness (QED) is 0.884. The lowest BCUT2D eigenvalue weighted by molar-refractivity contribution is 0.145. The van der Waals surface area contributed by atoms with Crippen LogP contribution in [0.3, 0.4) is 0 Å². The number of methoxy groups -OCH3 is 2. The summed E-state index contributed by atoms with van der Waals surface area (Å²) < 4.78 is 36.0. The van der Waals surface area contributed by atoms with Crippen LogP contribution in [0.4, 0.5) is 8.78 Å². The number of benzene rings is 1. The first kappa shape index (κ1) is 14.7. The molecule has 0 spiro atoms. The number of hydrogen-bond donors (Lipinski definition) is 1. The van der Waals surface area contributed by atoms with E-state index in [4.69, 9.17) is 9.47 Å². The molecule has 18 heavy (non-hydrogen) atoms. The molecule has 1 aromatic rings. The molecule has 0 amide bonds. The Morgan fingerprint density at radius 3 is 2.22 bits per heavy atom. The lowest BCUT2D eigenvalue weighted by atomic mass is 9.84. The van der Waals surface area contributed by atoms with Crippen LogP contribution in [0.15, 0.2) is 12.1 Å². The molecule has 0 aromatic heterocycles. The van der Waals surface area contributed by atoms with E-state index in [2.05, 4.69) is 0 Å². The van der Waals surface area contributed by atoms with Crippen molar-refractivity contribution in [3.05, 3.63) is 23.3 Å². The minimum absolute atomic E-state index is 0.0324. The van der Waals surface area contributed by atoms with E-state index in [1.165, 1.54) is 20.3 Å². The molecule has 0 aliphatic heterocycles. The minimum atomic E-state index is -2.66. The molecule has 0 bridgehead atoms. The topological polar surface area (TPSA) is 38.7 Å². The van der Waals surface area contributed by atoms with Crippen LogP contribution in [0.2, 0.25) is 0 Å². The molecule has 0 heterocycles. The van der Waals surface area contributed by atoms with Gasteiger partial charge in [-0.3, -0.25) is 0 Å². The fourth-order valence-electron chi connectivity index (χ4n) is 1.64. The maximum absolute atomic E-state index is 13.0. The molecule has 0 saturated heterocycles. The lowest BCUT2D eigenvalue weighted by Crippen LogP contribution is -2.22. The minimum Gasteiger partial charge on any atom is -0.493 e. The summed E-state index contributed by atoms with van der Waals surface area (Å²) in [6, 6.07) is 2.96. The zero-order chi connectivity index (χ0) is 13.9. The van der Waals surface area contributed by atoms with Crippen LogP contribution in [0.1, 0.15) is 31.4 Å². The van der Waals surface area contributed by atoms with Crippen LogP contribution in [-0.2, 0) is 5.41 Å². The van der Waals surface area contributed by atoms with Crippen molar-refractivity contribution in [2.75, 3.05) is 20.8 Å². The predicted octanol–water partition coefficient (Wildman–Crippen LogP) is 2.91. The van der Waals surface area contributed by atoms with Crippen molar-refractivity contribution < 1.29 is 23.4 Å². The van der Waals surface area contributed by atoms with Crippen LogP contribution in [0.25, 0.3) is 0 Å². The second-order valence-corrected chi connectivity index (χ2v) is 4.64. The number of aliphatic hydroxyl groups is 1. The van der Waals surface area contributed by atoms with Crippen LogP contribution < -0.4 is 9.47 Å². The summed E-state index contributed by atoms with van der Waals surface area (Å²) in [4.78, 5) is 0. The Hall–Kier alpha value is -1.36. The summed E-state index contributed by atoms with van der Waals surface area (Å²) in [5.74, 6) is 0.275. The van der Waals surface area contributed by atoms with Crippen LogP contribution in [0.5, 0.6) is 11.5 Å². The molecule has 0 atom stereocenters. The third-order valence-corrected chi connectivity index (χ3v) is 2.92. The molecule has 0 aliphatic rings. The van der Waals surface area contributed by atoms with Crippen LogP contribution >= 0.6 is 0 Å². The molecular weight excluding hydrogens is 242 g/mol. The van der Waals surface area contributed by atoms with E-state index in [-0.39, 0.29) is 23.7 Å². The van der Waals surface area contributed by atoms with Crippen molar-refractivity contribution in [3.8, 4) is 11.5 Å². The summed E-state index contributed by atoms with van der Waals surface area (Å²) >= 11 is 0. The highest BCUT2D eigenvalue weighted by Gasteiger charge is 2.26. The van der Waals surface area contributed by atoms with E-state index in [1.807, 2.05) is 0 Å². The second-order valence-electron chi connectivity index (χ2n) is 4.64. The molecule has 0 fully saturated rings. The molecule has 3 nitrogen and oxygen atoms in total. The Morgan fingerprint density at radius 2 is 1.83 bits per heavy atom. The number of ether oxygens (including phenoxy) is 2. The zero-order valence-electron chi connectivity index (χ0n) is 11.0. The van der Waals surface area contributed by atoms with E-state index in [0.717, 1.165) is 0 Å². The first-order valence-electron chi connectivity index (χ1n) is 5.52. The predicted molar refractivity (Wildman–Crippen MR) is 64.6 cm³/mol. The number of alkyl halides is 2. The van der Waals surface area contributed by atoms with E-state index in [0.29, 0.717) is 5.56 Å². The third-order valence-electron chi connectivity index (χ3n) is 2.92. The van der Waals surface area contributed by atoms with Gasteiger partial charge in [0.1, 0.15) is 0 Å². The van der Waals surface area contributed by atoms with E-state index < -0.39 is 11.8 Å². The third kappa shape index (κ3) is 2.72. The van der Waals surface area contributed by atoms with Gasteiger partial charge in [0, 0.05) is 5.41 Å². The molecular formula is C13H18F2O3. The molecule has 0 saturated carbocycles. The van der Waals surface area contributed by atoms with Crippen molar-refractivity contribution in [2.45, 2.75) is 25.7 Å². The fourth-order valence-corrected chi connectivity index (χ4v) is 1.64. The number of rotatable bonds is 5. The first-order valence-corrected chi connectivity index (χ1v) is 5.52. The summed E-state index contributed by atoms with van der Waals surface area (Å²) in [5, 5.41) is 9.31. The standard InChI is InChI=1S/C13H18F2O3/c1-13(2,7-16)8-5-9(12(14)15)11(18-4)10(6-8)17-3/h5-6,12,16H,7H2,1-4H3. The number of aliphatic hydroxyl groups excluding tert-OH is 1. The maximum atomic E-state index is 13.0. The van der Waals surface area contributed by atoms with Gasteiger partial charge in [-0.15, -0.1) is 0 Å². The smallest absolute Gasteiger partial charge is 0.267 e. The first-order chi connectivity index (χ1) is 8.37. The molecule has 0 radical (unpaired) electrons. The molecule has 102 valence electrons. The molecule has 1 N–H and O–H groups in total. The Kier molecular flexibility index (Phi) is 4.51. The van der Waals surface area contributed by atoms with Crippen LogP contribution in [0, 0.1) is 0 Å².